The molecule has 116 valence electrons. The lowest BCUT2D eigenvalue weighted by molar-refractivity contribution is 0.0929. The van der Waals surface area contributed by atoms with Crippen molar-refractivity contribution in [2.75, 3.05) is 6.54 Å². The van der Waals surface area contributed by atoms with Crippen molar-refractivity contribution in [2.24, 2.45) is 0 Å². The molecule has 1 aliphatic rings. The van der Waals surface area contributed by atoms with Crippen LogP contribution in [-0.2, 0) is 0 Å². The van der Waals surface area contributed by atoms with Crippen LogP contribution in [0.4, 0.5) is 0 Å². The summed E-state index contributed by atoms with van der Waals surface area (Å²) in [6, 6.07) is 11.5. The third kappa shape index (κ3) is 3.52. The van der Waals surface area contributed by atoms with E-state index in [-0.39, 0.29) is 17.8 Å². The van der Waals surface area contributed by atoms with E-state index in [9.17, 15) is 4.79 Å². The molecule has 1 fully saturated rings. The van der Waals surface area contributed by atoms with Crippen LogP contribution in [0, 0.1) is 11.3 Å². The second-order valence-electron chi connectivity index (χ2n) is 5.67. The number of rotatable bonds is 3. The standard InChI is InChI=1S/C17H17N5O/c1-11-7-14(10-20-11)21-17(23)16-19-6-5-15(22-16)13-4-2-3-12(8-13)9-18/h2-6,8,11,14,20H,7,10H2,1H3,(H,21,23)/t11-,14-/m1/s1. The summed E-state index contributed by atoms with van der Waals surface area (Å²) in [6.07, 6.45) is 2.46. The highest BCUT2D eigenvalue weighted by molar-refractivity contribution is 5.91. The Morgan fingerprint density at radius 2 is 2.30 bits per heavy atom. The smallest absolute Gasteiger partial charge is 0.289 e. The molecule has 1 saturated heterocycles. The summed E-state index contributed by atoms with van der Waals surface area (Å²) in [7, 11) is 0. The number of carbonyl (C=O) groups excluding carboxylic acids is 1. The van der Waals surface area contributed by atoms with E-state index < -0.39 is 0 Å². The first-order valence-electron chi connectivity index (χ1n) is 7.53. The minimum Gasteiger partial charge on any atom is -0.345 e. The molecule has 2 heterocycles. The number of carbonyl (C=O) groups is 1. The van der Waals surface area contributed by atoms with Crippen LogP contribution in [0.25, 0.3) is 11.3 Å². The van der Waals surface area contributed by atoms with Crippen molar-refractivity contribution in [1.29, 1.82) is 5.26 Å². The van der Waals surface area contributed by atoms with Gasteiger partial charge in [-0.1, -0.05) is 12.1 Å². The number of nitrogens with zero attached hydrogens (tertiary/aromatic N) is 3. The zero-order valence-electron chi connectivity index (χ0n) is 12.8. The Kier molecular flexibility index (Phi) is 4.31. The normalized spacial score (nSPS) is 20.0. The van der Waals surface area contributed by atoms with Crippen LogP contribution in [0.1, 0.15) is 29.5 Å². The SMILES string of the molecule is C[C@@H]1C[C@@H](NC(=O)c2nccc(-c3cccc(C#N)c3)n2)CN1. The fourth-order valence-corrected chi connectivity index (χ4v) is 2.67. The molecule has 2 aromatic rings. The topological polar surface area (TPSA) is 90.7 Å². The molecule has 2 atom stereocenters. The minimum absolute atomic E-state index is 0.103. The Labute approximate surface area is 134 Å². The van der Waals surface area contributed by atoms with E-state index >= 15 is 0 Å². The van der Waals surface area contributed by atoms with Gasteiger partial charge in [0.15, 0.2) is 0 Å². The predicted octanol–water partition coefficient (Wildman–Crippen LogP) is 1.50. The maximum atomic E-state index is 12.3. The van der Waals surface area contributed by atoms with E-state index in [1.165, 1.54) is 0 Å². The van der Waals surface area contributed by atoms with Gasteiger partial charge < -0.3 is 10.6 Å². The molecule has 6 heteroatoms. The quantitative estimate of drug-likeness (QED) is 0.896. The van der Waals surface area contributed by atoms with E-state index in [0.29, 0.717) is 17.3 Å². The molecule has 1 aromatic carbocycles. The van der Waals surface area contributed by atoms with Gasteiger partial charge >= 0.3 is 0 Å². The summed E-state index contributed by atoms with van der Waals surface area (Å²) in [6.45, 7) is 2.85. The Morgan fingerprint density at radius 3 is 3.04 bits per heavy atom. The number of benzene rings is 1. The number of amides is 1. The van der Waals surface area contributed by atoms with E-state index in [0.717, 1.165) is 18.5 Å². The lowest BCUT2D eigenvalue weighted by Gasteiger charge is -2.11. The van der Waals surface area contributed by atoms with Gasteiger partial charge in [-0.15, -0.1) is 0 Å². The average molecular weight is 307 g/mol. The van der Waals surface area contributed by atoms with E-state index in [1.54, 1.807) is 30.5 Å². The van der Waals surface area contributed by atoms with Crippen molar-refractivity contribution < 1.29 is 4.79 Å². The molecular formula is C17H17N5O. The van der Waals surface area contributed by atoms with Crippen molar-refractivity contribution in [3.63, 3.8) is 0 Å². The Balaban J connectivity index is 1.79. The average Bonchev–Trinajstić information content (AvgIpc) is 3.00. The Bertz CT molecular complexity index is 768. The van der Waals surface area contributed by atoms with E-state index in [4.69, 9.17) is 5.26 Å². The second-order valence-corrected chi connectivity index (χ2v) is 5.67. The van der Waals surface area contributed by atoms with Gasteiger partial charge in [0.1, 0.15) is 0 Å². The zero-order chi connectivity index (χ0) is 16.2. The molecule has 0 saturated carbocycles. The van der Waals surface area contributed by atoms with Crippen molar-refractivity contribution in [1.82, 2.24) is 20.6 Å². The monoisotopic (exact) mass is 307 g/mol. The summed E-state index contributed by atoms with van der Waals surface area (Å²) in [4.78, 5) is 20.7. The molecule has 23 heavy (non-hydrogen) atoms. The highest BCUT2D eigenvalue weighted by Crippen LogP contribution is 2.17. The lowest BCUT2D eigenvalue weighted by Crippen LogP contribution is -2.37. The zero-order valence-corrected chi connectivity index (χ0v) is 12.8. The van der Waals surface area contributed by atoms with Crippen molar-refractivity contribution in [3.8, 4) is 17.3 Å². The van der Waals surface area contributed by atoms with E-state index in [1.807, 2.05) is 6.07 Å². The first kappa shape index (κ1) is 15.1. The molecule has 0 bridgehead atoms. The van der Waals surface area contributed by atoms with Crippen LogP contribution < -0.4 is 10.6 Å². The largest absolute Gasteiger partial charge is 0.345 e. The highest BCUT2D eigenvalue weighted by atomic mass is 16.2. The molecule has 2 N–H and O–H groups in total. The third-order valence-corrected chi connectivity index (χ3v) is 3.83. The predicted molar refractivity (Wildman–Crippen MR) is 85.5 cm³/mol. The number of nitriles is 1. The third-order valence-electron chi connectivity index (χ3n) is 3.83. The van der Waals surface area contributed by atoms with Gasteiger partial charge in [0.05, 0.1) is 17.3 Å². The number of aromatic nitrogens is 2. The minimum atomic E-state index is -0.274. The van der Waals surface area contributed by atoms with Crippen molar-refractivity contribution >= 4 is 5.91 Å². The molecule has 1 aliphatic heterocycles. The van der Waals surface area contributed by atoms with Crippen LogP contribution >= 0.6 is 0 Å². The molecule has 0 radical (unpaired) electrons. The molecule has 3 rings (SSSR count). The van der Waals surface area contributed by atoms with Gasteiger partial charge in [-0.2, -0.15) is 5.26 Å². The van der Waals surface area contributed by atoms with Crippen molar-refractivity contribution in [2.45, 2.75) is 25.4 Å². The lowest BCUT2D eigenvalue weighted by atomic mass is 10.1. The molecule has 1 amide bonds. The first-order chi connectivity index (χ1) is 11.2. The van der Waals surface area contributed by atoms with Crippen LogP contribution in [-0.4, -0.2) is 34.5 Å². The Morgan fingerprint density at radius 1 is 1.43 bits per heavy atom. The van der Waals surface area contributed by atoms with Gasteiger partial charge in [-0.05, 0) is 31.5 Å². The number of nitrogens with one attached hydrogen (secondary N) is 2. The summed E-state index contributed by atoms with van der Waals surface area (Å²) < 4.78 is 0. The second kappa shape index (κ2) is 6.55. The molecule has 0 spiro atoms. The maximum Gasteiger partial charge on any atom is 0.289 e. The van der Waals surface area contributed by atoms with E-state index in [2.05, 4.69) is 33.6 Å². The van der Waals surface area contributed by atoms with Gasteiger partial charge in [0, 0.05) is 30.4 Å². The van der Waals surface area contributed by atoms with Gasteiger partial charge in [0.2, 0.25) is 5.82 Å². The van der Waals surface area contributed by atoms with Crippen LogP contribution in [0.15, 0.2) is 36.5 Å². The van der Waals surface area contributed by atoms with Gasteiger partial charge in [-0.3, -0.25) is 4.79 Å². The van der Waals surface area contributed by atoms with Gasteiger partial charge in [-0.25, -0.2) is 9.97 Å². The molecule has 1 aromatic heterocycles. The molecule has 6 nitrogen and oxygen atoms in total. The fraction of sp³-hybridized carbons (Fsp3) is 0.294. The van der Waals surface area contributed by atoms with Crippen LogP contribution in [0.3, 0.4) is 0 Å². The van der Waals surface area contributed by atoms with Gasteiger partial charge in [0.25, 0.3) is 5.91 Å². The molecular weight excluding hydrogens is 290 g/mol. The summed E-state index contributed by atoms with van der Waals surface area (Å²) in [5.74, 6) is -0.131. The number of hydrogen-bond donors (Lipinski definition) is 2. The van der Waals surface area contributed by atoms with Crippen molar-refractivity contribution in [3.05, 3.63) is 47.9 Å². The number of hydrogen-bond acceptors (Lipinski definition) is 5. The summed E-state index contributed by atoms with van der Waals surface area (Å²) in [5.41, 5.74) is 1.97. The first-order valence-corrected chi connectivity index (χ1v) is 7.53. The summed E-state index contributed by atoms with van der Waals surface area (Å²) >= 11 is 0. The highest BCUT2D eigenvalue weighted by Gasteiger charge is 2.23. The maximum absolute atomic E-state index is 12.3. The van der Waals surface area contributed by atoms with Crippen LogP contribution in [0.5, 0.6) is 0 Å². The molecule has 0 aliphatic carbocycles. The molecule has 0 unspecified atom stereocenters. The fourth-order valence-electron chi connectivity index (χ4n) is 2.67. The Hall–Kier alpha value is -2.78. The summed E-state index contributed by atoms with van der Waals surface area (Å²) in [5, 5.41) is 15.2. The van der Waals surface area contributed by atoms with Crippen LogP contribution in [0.2, 0.25) is 0 Å².